The Kier molecular flexibility index (Phi) is 9.65. The fraction of sp³-hybridized carbons (Fsp3) is 0.480. The van der Waals surface area contributed by atoms with Gasteiger partial charge >= 0.3 is 0 Å². The molecule has 1 aliphatic heterocycles. The summed E-state index contributed by atoms with van der Waals surface area (Å²) in [7, 11) is 3.50. The number of aliphatic imine (C=N–C) groups is 1. The standard InChI is InChI=1S/C25H36N4O3/c1-20-9-10-22(24(17-20)32-14-6-13-30-3)19-28-25(26-2)27-18-21-7-4-5-8-23(21)29-11-15-31-16-12-29/h4-5,7-10,17H,6,11-16,18-19H2,1-3H3,(H2,26,27,28). The number of hydrogen-bond acceptors (Lipinski definition) is 5. The molecule has 174 valence electrons. The molecule has 2 N–H and O–H groups in total. The van der Waals surface area contributed by atoms with Gasteiger partial charge in [0, 0.05) is 64.6 Å². The third-order valence-electron chi connectivity index (χ3n) is 5.43. The molecular formula is C25H36N4O3. The molecular weight excluding hydrogens is 404 g/mol. The first-order valence-corrected chi connectivity index (χ1v) is 11.3. The van der Waals surface area contributed by atoms with Gasteiger partial charge in [0.1, 0.15) is 5.75 Å². The van der Waals surface area contributed by atoms with Gasteiger partial charge in [-0.05, 0) is 30.2 Å². The van der Waals surface area contributed by atoms with E-state index in [-0.39, 0.29) is 0 Å². The maximum absolute atomic E-state index is 6.00. The van der Waals surface area contributed by atoms with Gasteiger partial charge in [-0.2, -0.15) is 0 Å². The maximum atomic E-state index is 6.00. The van der Waals surface area contributed by atoms with Crippen LogP contribution in [0.3, 0.4) is 0 Å². The summed E-state index contributed by atoms with van der Waals surface area (Å²) in [6, 6.07) is 14.8. The molecule has 7 heteroatoms. The Hall–Kier alpha value is -2.77. The Bertz CT molecular complexity index is 866. The Labute approximate surface area is 191 Å². The Morgan fingerprint density at radius 2 is 1.78 bits per heavy atom. The van der Waals surface area contributed by atoms with Crippen molar-refractivity contribution in [3.63, 3.8) is 0 Å². The van der Waals surface area contributed by atoms with E-state index in [0.717, 1.165) is 50.0 Å². The van der Waals surface area contributed by atoms with Gasteiger partial charge in [-0.1, -0.05) is 30.3 Å². The molecule has 2 aromatic carbocycles. The molecule has 0 unspecified atom stereocenters. The Morgan fingerprint density at radius 3 is 2.53 bits per heavy atom. The second kappa shape index (κ2) is 12.9. The molecule has 1 aliphatic rings. The van der Waals surface area contributed by atoms with Crippen LogP contribution in [0.2, 0.25) is 0 Å². The van der Waals surface area contributed by atoms with Crippen molar-refractivity contribution in [1.82, 2.24) is 10.6 Å². The van der Waals surface area contributed by atoms with E-state index in [1.54, 1.807) is 14.2 Å². The highest BCUT2D eigenvalue weighted by molar-refractivity contribution is 5.80. The predicted molar refractivity (Wildman–Crippen MR) is 130 cm³/mol. The van der Waals surface area contributed by atoms with Crippen LogP contribution in [0.4, 0.5) is 5.69 Å². The molecule has 0 spiro atoms. The fourth-order valence-electron chi connectivity index (χ4n) is 3.68. The quantitative estimate of drug-likeness (QED) is 0.336. The number of aryl methyl sites for hydroxylation is 1. The number of benzene rings is 2. The number of ether oxygens (including phenoxy) is 3. The average molecular weight is 441 g/mol. The number of rotatable bonds is 10. The first-order chi connectivity index (χ1) is 15.7. The van der Waals surface area contributed by atoms with Gasteiger partial charge < -0.3 is 29.7 Å². The zero-order chi connectivity index (χ0) is 22.6. The molecule has 3 rings (SSSR count). The van der Waals surface area contributed by atoms with E-state index >= 15 is 0 Å². The van der Waals surface area contributed by atoms with E-state index in [2.05, 4.69) is 69.9 Å². The van der Waals surface area contributed by atoms with Crippen LogP contribution >= 0.6 is 0 Å². The molecule has 0 saturated carbocycles. The molecule has 7 nitrogen and oxygen atoms in total. The van der Waals surface area contributed by atoms with Crippen LogP contribution in [0.1, 0.15) is 23.1 Å². The van der Waals surface area contributed by atoms with Crippen molar-refractivity contribution in [2.45, 2.75) is 26.4 Å². The van der Waals surface area contributed by atoms with Crippen molar-refractivity contribution in [3.05, 3.63) is 59.2 Å². The third-order valence-corrected chi connectivity index (χ3v) is 5.43. The number of nitrogens with one attached hydrogen (secondary N) is 2. The first-order valence-electron chi connectivity index (χ1n) is 11.3. The Balaban J connectivity index is 1.57. The van der Waals surface area contributed by atoms with Gasteiger partial charge in [-0.15, -0.1) is 0 Å². The molecule has 0 amide bonds. The van der Waals surface area contributed by atoms with Crippen molar-refractivity contribution in [3.8, 4) is 5.75 Å². The summed E-state index contributed by atoms with van der Waals surface area (Å²) in [5.41, 5.74) is 4.78. The molecule has 0 aliphatic carbocycles. The number of nitrogens with zero attached hydrogens (tertiary/aromatic N) is 2. The molecule has 1 heterocycles. The van der Waals surface area contributed by atoms with Crippen LogP contribution in [0.15, 0.2) is 47.5 Å². The number of para-hydroxylation sites is 1. The minimum absolute atomic E-state index is 0.630. The molecule has 1 fully saturated rings. The van der Waals surface area contributed by atoms with Crippen molar-refractivity contribution in [1.29, 1.82) is 0 Å². The topological polar surface area (TPSA) is 67.4 Å². The van der Waals surface area contributed by atoms with Gasteiger partial charge in [0.05, 0.1) is 19.8 Å². The third kappa shape index (κ3) is 7.14. The first kappa shape index (κ1) is 23.9. The van der Waals surface area contributed by atoms with E-state index in [1.165, 1.54) is 16.8 Å². The highest BCUT2D eigenvalue weighted by atomic mass is 16.5. The molecule has 0 aromatic heterocycles. The monoisotopic (exact) mass is 440 g/mol. The number of morpholine rings is 1. The molecule has 1 saturated heterocycles. The summed E-state index contributed by atoms with van der Waals surface area (Å²) in [5.74, 6) is 1.66. The zero-order valence-corrected chi connectivity index (χ0v) is 19.5. The van der Waals surface area contributed by atoms with Crippen molar-refractivity contribution in [2.24, 2.45) is 4.99 Å². The Morgan fingerprint density at radius 1 is 1.03 bits per heavy atom. The minimum Gasteiger partial charge on any atom is -0.493 e. The molecule has 0 atom stereocenters. The summed E-state index contributed by atoms with van der Waals surface area (Å²) in [5, 5.41) is 6.87. The van der Waals surface area contributed by atoms with E-state index < -0.39 is 0 Å². The summed E-state index contributed by atoms with van der Waals surface area (Å²) >= 11 is 0. The van der Waals surface area contributed by atoms with Crippen LogP contribution in [-0.4, -0.2) is 59.6 Å². The average Bonchev–Trinajstić information content (AvgIpc) is 2.83. The van der Waals surface area contributed by atoms with Crippen molar-refractivity contribution < 1.29 is 14.2 Å². The highest BCUT2D eigenvalue weighted by Gasteiger charge is 2.14. The summed E-state index contributed by atoms with van der Waals surface area (Å²) in [6.45, 7) is 8.12. The number of methoxy groups -OCH3 is 1. The lowest BCUT2D eigenvalue weighted by Gasteiger charge is -2.30. The van der Waals surface area contributed by atoms with Crippen molar-refractivity contribution >= 4 is 11.6 Å². The number of anilines is 1. The van der Waals surface area contributed by atoms with Gasteiger partial charge in [-0.3, -0.25) is 4.99 Å². The van der Waals surface area contributed by atoms with Crippen molar-refractivity contribution in [2.75, 3.05) is 58.6 Å². The molecule has 0 radical (unpaired) electrons. The second-order valence-corrected chi connectivity index (χ2v) is 7.81. The van der Waals surface area contributed by atoms with Crippen LogP contribution in [-0.2, 0) is 22.6 Å². The molecule has 32 heavy (non-hydrogen) atoms. The maximum Gasteiger partial charge on any atom is 0.191 e. The number of hydrogen-bond donors (Lipinski definition) is 2. The smallest absolute Gasteiger partial charge is 0.191 e. The van der Waals surface area contributed by atoms with Gasteiger partial charge in [0.25, 0.3) is 0 Å². The lowest BCUT2D eigenvalue weighted by molar-refractivity contribution is 0.122. The van der Waals surface area contributed by atoms with Gasteiger partial charge in [0.2, 0.25) is 0 Å². The fourth-order valence-corrected chi connectivity index (χ4v) is 3.68. The van der Waals surface area contributed by atoms with E-state index in [4.69, 9.17) is 14.2 Å². The predicted octanol–water partition coefficient (Wildman–Crippen LogP) is 3.11. The largest absolute Gasteiger partial charge is 0.493 e. The highest BCUT2D eigenvalue weighted by Crippen LogP contribution is 2.22. The van der Waals surface area contributed by atoms with E-state index in [1.807, 2.05) is 0 Å². The normalized spacial score (nSPS) is 14.3. The summed E-state index contributed by atoms with van der Waals surface area (Å²) in [6.07, 6.45) is 0.864. The van der Waals surface area contributed by atoms with Crippen LogP contribution in [0.5, 0.6) is 5.75 Å². The van der Waals surface area contributed by atoms with Gasteiger partial charge in [0.15, 0.2) is 5.96 Å². The minimum atomic E-state index is 0.630. The lowest BCUT2D eigenvalue weighted by atomic mass is 10.1. The number of guanidine groups is 1. The summed E-state index contributed by atoms with van der Waals surface area (Å²) < 4.78 is 16.6. The summed E-state index contributed by atoms with van der Waals surface area (Å²) in [4.78, 5) is 6.78. The SMILES string of the molecule is CN=C(NCc1ccc(C)cc1OCCCOC)NCc1ccccc1N1CCOCC1. The van der Waals surface area contributed by atoms with E-state index in [9.17, 15) is 0 Å². The van der Waals surface area contributed by atoms with Crippen LogP contribution in [0, 0.1) is 6.92 Å². The van der Waals surface area contributed by atoms with Crippen LogP contribution in [0.25, 0.3) is 0 Å². The lowest BCUT2D eigenvalue weighted by Crippen LogP contribution is -2.39. The molecule has 0 bridgehead atoms. The molecule has 2 aromatic rings. The van der Waals surface area contributed by atoms with Gasteiger partial charge in [-0.25, -0.2) is 0 Å². The van der Waals surface area contributed by atoms with E-state index in [0.29, 0.717) is 26.3 Å². The second-order valence-electron chi connectivity index (χ2n) is 7.81. The van der Waals surface area contributed by atoms with Crippen LogP contribution < -0.4 is 20.3 Å². The zero-order valence-electron chi connectivity index (χ0n) is 19.5.